The number of H-pyrrole nitrogens is 1. The number of aromatic amines is 1. The first-order chi connectivity index (χ1) is 9.16. The van der Waals surface area contributed by atoms with E-state index in [1.54, 1.807) is 0 Å². The molecule has 1 aliphatic carbocycles. The van der Waals surface area contributed by atoms with Gasteiger partial charge >= 0.3 is 0 Å². The molecule has 1 aliphatic rings. The number of anilines is 1. The van der Waals surface area contributed by atoms with Gasteiger partial charge < -0.3 is 15.0 Å². The summed E-state index contributed by atoms with van der Waals surface area (Å²) in [4.78, 5) is 9.91. The van der Waals surface area contributed by atoms with Crippen LogP contribution in [0.25, 0.3) is 11.0 Å². The topological polar surface area (TPSA) is 52.2 Å². The van der Waals surface area contributed by atoms with E-state index < -0.39 is 0 Å². The van der Waals surface area contributed by atoms with Gasteiger partial charge in [-0.25, -0.2) is 4.98 Å². The molecule has 4 heteroatoms. The number of aryl methyl sites for hydroxylation is 1. The van der Waals surface area contributed by atoms with Gasteiger partial charge in [-0.3, -0.25) is 0 Å². The van der Waals surface area contributed by atoms with Gasteiger partial charge in [0.25, 0.3) is 0 Å². The van der Waals surface area contributed by atoms with Crippen molar-refractivity contribution < 1.29 is 5.11 Å². The van der Waals surface area contributed by atoms with E-state index in [-0.39, 0.29) is 6.10 Å². The molecule has 0 unspecified atom stereocenters. The Hall–Kier alpha value is -1.55. The minimum Gasteiger partial charge on any atom is -0.393 e. The Bertz CT molecular complexity index is 578. The molecule has 3 rings (SSSR count). The lowest BCUT2D eigenvalue weighted by atomic mass is 9.91. The Morgan fingerprint density at radius 3 is 3.05 bits per heavy atom. The van der Waals surface area contributed by atoms with Crippen LogP contribution in [-0.2, 0) is 0 Å². The molecule has 0 spiro atoms. The van der Waals surface area contributed by atoms with Crippen LogP contribution in [0.2, 0.25) is 0 Å². The Balaban J connectivity index is 1.98. The lowest BCUT2D eigenvalue weighted by Crippen LogP contribution is -2.38. The van der Waals surface area contributed by atoms with Crippen LogP contribution in [0.15, 0.2) is 18.5 Å². The van der Waals surface area contributed by atoms with Crippen molar-refractivity contribution >= 4 is 16.7 Å². The zero-order chi connectivity index (χ0) is 13.4. The van der Waals surface area contributed by atoms with Crippen LogP contribution >= 0.6 is 0 Å². The minimum atomic E-state index is -0.148. The fourth-order valence-electron chi connectivity index (χ4n) is 3.23. The number of rotatable bonds is 2. The SMILES string of the molecule is Cc1cnc2[nH]ccc2c1N(C)[C@H]1CCC[C@@H](O)C1. The predicted octanol–water partition coefficient (Wildman–Crippen LogP) is 2.61. The maximum Gasteiger partial charge on any atom is 0.139 e. The Labute approximate surface area is 113 Å². The van der Waals surface area contributed by atoms with Crippen LogP contribution in [0.5, 0.6) is 0 Å². The molecule has 19 heavy (non-hydrogen) atoms. The van der Waals surface area contributed by atoms with E-state index in [0.29, 0.717) is 6.04 Å². The molecular weight excluding hydrogens is 238 g/mol. The summed E-state index contributed by atoms with van der Waals surface area (Å²) >= 11 is 0. The van der Waals surface area contributed by atoms with Crippen LogP contribution in [-0.4, -0.2) is 34.3 Å². The van der Waals surface area contributed by atoms with Crippen LogP contribution in [0.3, 0.4) is 0 Å². The second-order valence-corrected chi connectivity index (χ2v) is 5.61. The summed E-state index contributed by atoms with van der Waals surface area (Å²) < 4.78 is 0. The molecule has 0 aliphatic heterocycles. The third-order valence-corrected chi connectivity index (χ3v) is 4.26. The van der Waals surface area contributed by atoms with Crippen molar-refractivity contribution in [3.05, 3.63) is 24.0 Å². The number of hydrogen-bond donors (Lipinski definition) is 2. The van der Waals surface area contributed by atoms with Crippen LogP contribution in [0.4, 0.5) is 5.69 Å². The highest BCUT2D eigenvalue weighted by atomic mass is 16.3. The second-order valence-electron chi connectivity index (χ2n) is 5.61. The number of aromatic nitrogens is 2. The molecule has 0 aromatic carbocycles. The van der Waals surface area contributed by atoms with Gasteiger partial charge in [-0.1, -0.05) is 0 Å². The van der Waals surface area contributed by atoms with E-state index >= 15 is 0 Å². The van der Waals surface area contributed by atoms with Crippen molar-refractivity contribution in [2.75, 3.05) is 11.9 Å². The summed E-state index contributed by atoms with van der Waals surface area (Å²) in [6.07, 6.45) is 7.78. The third kappa shape index (κ3) is 2.21. The summed E-state index contributed by atoms with van der Waals surface area (Å²) in [7, 11) is 2.14. The molecule has 0 saturated heterocycles. The average molecular weight is 259 g/mol. The van der Waals surface area contributed by atoms with Crippen molar-refractivity contribution in [2.24, 2.45) is 0 Å². The number of aliphatic hydroxyl groups is 1. The van der Waals surface area contributed by atoms with Crippen LogP contribution < -0.4 is 4.90 Å². The van der Waals surface area contributed by atoms with E-state index in [1.807, 2.05) is 12.4 Å². The quantitative estimate of drug-likeness (QED) is 0.871. The molecule has 0 radical (unpaired) electrons. The molecule has 1 fully saturated rings. The van der Waals surface area contributed by atoms with Gasteiger partial charge in [0.1, 0.15) is 5.65 Å². The molecular formula is C15H21N3O. The summed E-state index contributed by atoms with van der Waals surface area (Å²) in [5.74, 6) is 0. The lowest BCUT2D eigenvalue weighted by molar-refractivity contribution is 0.119. The van der Waals surface area contributed by atoms with Gasteiger partial charge in [0, 0.05) is 30.9 Å². The first-order valence-electron chi connectivity index (χ1n) is 7.00. The number of pyridine rings is 1. The van der Waals surface area contributed by atoms with E-state index in [0.717, 1.165) is 31.3 Å². The van der Waals surface area contributed by atoms with Crippen molar-refractivity contribution in [1.82, 2.24) is 9.97 Å². The summed E-state index contributed by atoms with van der Waals surface area (Å²) in [5.41, 5.74) is 3.36. The monoisotopic (exact) mass is 259 g/mol. The van der Waals surface area contributed by atoms with E-state index in [2.05, 4.69) is 34.9 Å². The maximum absolute atomic E-state index is 9.87. The molecule has 2 N–H and O–H groups in total. The number of fused-ring (bicyclic) bond motifs is 1. The van der Waals surface area contributed by atoms with Crippen molar-refractivity contribution in [3.8, 4) is 0 Å². The maximum atomic E-state index is 9.87. The standard InChI is InChI=1S/C15H21N3O/c1-10-9-17-15-13(6-7-16-15)14(10)18(2)11-4-3-5-12(19)8-11/h6-7,9,11-12,19H,3-5,8H2,1-2H3,(H,16,17)/t11-,12+/m0/s1. The summed E-state index contributed by atoms with van der Waals surface area (Å²) in [6.45, 7) is 2.10. The van der Waals surface area contributed by atoms with Gasteiger partial charge in [-0.05, 0) is 44.2 Å². The number of nitrogens with one attached hydrogen (secondary N) is 1. The molecule has 102 valence electrons. The second kappa shape index (κ2) is 4.85. The molecule has 2 aromatic rings. The van der Waals surface area contributed by atoms with Crippen molar-refractivity contribution in [1.29, 1.82) is 0 Å². The van der Waals surface area contributed by atoms with Gasteiger partial charge in [-0.2, -0.15) is 0 Å². The molecule has 2 aromatic heterocycles. The first kappa shape index (κ1) is 12.5. The zero-order valence-corrected chi connectivity index (χ0v) is 11.6. The molecule has 0 bridgehead atoms. The highest BCUT2D eigenvalue weighted by Crippen LogP contribution is 2.33. The molecule has 2 heterocycles. The van der Waals surface area contributed by atoms with Crippen molar-refractivity contribution in [2.45, 2.75) is 44.8 Å². The number of hydrogen-bond acceptors (Lipinski definition) is 3. The van der Waals surface area contributed by atoms with Crippen LogP contribution in [0.1, 0.15) is 31.2 Å². The Morgan fingerprint density at radius 1 is 1.42 bits per heavy atom. The fraction of sp³-hybridized carbons (Fsp3) is 0.533. The highest BCUT2D eigenvalue weighted by molar-refractivity contribution is 5.91. The number of aliphatic hydroxyl groups excluding tert-OH is 1. The lowest BCUT2D eigenvalue weighted by Gasteiger charge is -2.36. The average Bonchev–Trinajstić information content (AvgIpc) is 2.86. The fourth-order valence-corrected chi connectivity index (χ4v) is 3.23. The minimum absolute atomic E-state index is 0.148. The van der Waals surface area contributed by atoms with Crippen LogP contribution in [0, 0.1) is 6.92 Å². The first-order valence-corrected chi connectivity index (χ1v) is 7.00. The smallest absolute Gasteiger partial charge is 0.139 e. The van der Waals surface area contributed by atoms with Gasteiger partial charge in [0.05, 0.1) is 11.8 Å². The molecule has 0 amide bonds. The zero-order valence-electron chi connectivity index (χ0n) is 11.6. The number of nitrogens with zero attached hydrogens (tertiary/aromatic N) is 2. The van der Waals surface area contributed by atoms with Gasteiger partial charge in [0.2, 0.25) is 0 Å². The van der Waals surface area contributed by atoms with Crippen molar-refractivity contribution in [3.63, 3.8) is 0 Å². The highest BCUT2D eigenvalue weighted by Gasteiger charge is 2.25. The van der Waals surface area contributed by atoms with Gasteiger partial charge in [-0.15, -0.1) is 0 Å². The van der Waals surface area contributed by atoms with E-state index in [1.165, 1.54) is 16.6 Å². The summed E-state index contributed by atoms with van der Waals surface area (Å²) in [5, 5.41) is 11.0. The Morgan fingerprint density at radius 2 is 2.26 bits per heavy atom. The predicted molar refractivity (Wildman–Crippen MR) is 77.5 cm³/mol. The molecule has 1 saturated carbocycles. The normalized spacial score (nSPS) is 23.7. The summed E-state index contributed by atoms with van der Waals surface area (Å²) in [6, 6.07) is 2.50. The largest absolute Gasteiger partial charge is 0.393 e. The Kier molecular flexibility index (Phi) is 3.19. The van der Waals surface area contributed by atoms with E-state index in [4.69, 9.17) is 0 Å². The van der Waals surface area contributed by atoms with Gasteiger partial charge in [0.15, 0.2) is 0 Å². The third-order valence-electron chi connectivity index (χ3n) is 4.26. The molecule has 2 atom stereocenters. The molecule has 4 nitrogen and oxygen atoms in total. The van der Waals surface area contributed by atoms with E-state index in [9.17, 15) is 5.11 Å².